The molecule has 5 nitrogen and oxygen atoms in total. The Morgan fingerprint density at radius 3 is 2.15 bits per heavy atom. The number of urea groups is 1. The molecule has 0 aliphatic carbocycles. The second-order valence-corrected chi connectivity index (χ2v) is 4.81. The Morgan fingerprint density at radius 1 is 1.10 bits per heavy atom. The van der Waals surface area contributed by atoms with Gasteiger partial charge in [0.05, 0.1) is 12.0 Å². The lowest BCUT2D eigenvalue weighted by atomic mass is 10.0. The molecule has 0 aromatic heterocycles. The summed E-state index contributed by atoms with van der Waals surface area (Å²) in [4.78, 5) is 22.5. The van der Waals surface area contributed by atoms with Crippen molar-refractivity contribution in [3.05, 3.63) is 35.6 Å². The number of hydrogen-bond acceptors (Lipinski definition) is 2. The van der Waals surface area contributed by atoms with Gasteiger partial charge < -0.3 is 15.7 Å². The average Bonchev–Trinajstić information content (AvgIpc) is 2.37. The molecule has 3 N–H and O–H groups in total. The zero-order valence-corrected chi connectivity index (χ0v) is 11.7. The van der Waals surface area contributed by atoms with Crippen LogP contribution in [0.15, 0.2) is 24.3 Å². The minimum atomic E-state index is -0.968. The number of amides is 2. The van der Waals surface area contributed by atoms with Crippen LogP contribution in [0.4, 0.5) is 9.18 Å². The third-order valence-corrected chi connectivity index (χ3v) is 3.22. The van der Waals surface area contributed by atoms with Crippen molar-refractivity contribution < 1.29 is 19.1 Å². The summed E-state index contributed by atoms with van der Waals surface area (Å²) in [5.41, 5.74) is 0.764. The summed E-state index contributed by atoms with van der Waals surface area (Å²) in [5, 5.41) is 14.1. The first-order valence-corrected chi connectivity index (χ1v) is 6.36. The third kappa shape index (κ3) is 4.53. The van der Waals surface area contributed by atoms with Gasteiger partial charge in [-0.05, 0) is 38.5 Å². The molecule has 0 radical (unpaired) electrons. The van der Waals surface area contributed by atoms with Gasteiger partial charge in [-0.25, -0.2) is 9.18 Å². The fraction of sp³-hybridized carbons (Fsp3) is 0.429. The van der Waals surface area contributed by atoms with Gasteiger partial charge in [-0.15, -0.1) is 0 Å². The molecule has 1 aromatic rings. The Hall–Kier alpha value is -2.11. The van der Waals surface area contributed by atoms with Crippen LogP contribution >= 0.6 is 0 Å². The van der Waals surface area contributed by atoms with E-state index in [0.29, 0.717) is 0 Å². The number of carbonyl (C=O) groups excluding carboxylic acids is 1. The molecular formula is C14H19FN2O3. The summed E-state index contributed by atoms with van der Waals surface area (Å²) in [5.74, 6) is -1.99. The molecule has 110 valence electrons. The van der Waals surface area contributed by atoms with E-state index in [1.54, 1.807) is 26.0 Å². The van der Waals surface area contributed by atoms with Gasteiger partial charge in [0, 0.05) is 6.04 Å². The van der Waals surface area contributed by atoms with Gasteiger partial charge in [-0.1, -0.05) is 12.1 Å². The molecule has 20 heavy (non-hydrogen) atoms. The summed E-state index contributed by atoms with van der Waals surface area (Å²) in [6.07, 6.45) is 0. The zero-order chi connectivity index (χ0) is 15.3. The Balaban J connectivity index is 2.53. The number of aliphatic carboxylic acids is 1. The number of rotatable bonds is 5. The van der Waals surface area contributed by atoms with Crippen molar-refractivity contribution in [2.45, 2.75) is 32.9 Å². The first-order chi connectivity index (χ1) is 9.31. The highest BCUT2D eigenvalue weighted by Crippen LogP contribution is 2.12. The Morgan fingerprint density at radius 2 is 1.65 bits per heavy atom. The molecule has 2 amide bonds. The van der Waals surface area contributed by atoms with E-state index in [1.165, 1.54) is 19.1 Å². The van der Waals surface area contributed by atoms with Gasteiger partial charge in [-0.3, -0.25) is 4.79 Å². The molecule has 3 unspecified atom stereocenters. The highest BCUT2D eigenvalue weighted by molar-refractivity contribution is 5.76. The molecule has 0 heterocycles. The molecule has 3 atom stereocenters. The van der Waals surface area contributed by atoms with Crippen LogP contribution in [0.5, 0.6) is 0 Å². The number of hydrogen-bond donors (Lipinski definition) is 3. The van der Waals surface area contributed by atoms with Crippen LogP contribution in [0.1, 0.15) is 32.4 Å². The lowest BCUT2D eigenvalue weighted by molar-refractivity contribution is -0.141. The van der Waals surface area contributed by atoms with Crippen molar-refractivity contribution in [2.24, 2.45) is 5.92 Å². The number of benzene rings is 1. The van der Waals surface area contributed by atoms with Gasteiger partial charge in [-0.2, -0.15) is 0 Å². The Bertz CT molecular complexity index is 476. The number of carboxylic acid groups (broad SMARTS) is 1. The maximum absolute atomic E-state index is 12.8. The minimum absolute atomic E-state index is 0.303. The van der Waals surface area contributed by atoms with Gasteiger partial charge in [0.25, 0.3) is 0 Å². The van der Waals surface area contributed by atoms with E-state index in [-0.39, 0.29) is 11.9 Å². The van der Waals surface area contributed by atoms with E-state index in [1.807, 2.05) is 0 Å². The van der Waals surface area contributed by atoms with Crippen molar-refractivity contribution in [1.29, 1.82) is 0 Å². The van der Waals surface area contributed by atoms with E-state index in [4.69, 9.17) is 5.11 Å². The fourth-order valence-electron chi connectivity index (χ4n) is 1.62. The molecule has 0 aliphatic rings. The minimum Gasteiger partial charge on any atom is -0.481 e. The number of nitrogens with one attached hydrogen (secondary N) is 2. The molecular weight excluding hydrogens is 263 g/mol. The maximum Gasteiger partial charge on any atom is 0.315 e. The molecule has 0 saturated heterocycles. The van der Waals surface area contributed by atoms with Gasteiger partial charge >= 0.3 is 12.0 Å². The van der Waals surface area contributed by atoms with Gasteiger partial charge in [0.2, 0.25) is 0 Å². The lowest BCUT2D eigenvalue weighted by Crippen LogP contribution is -2.45. The molecule has 0 fully saturated rings. The van der Waals surface area contributed by atoms with E-state index in [2.05, 4.69) is 10.6 Å². The van der Waals surface area contributed by atoms with Crippen molar-refractivity contribution >= 4 is 12.0 Å². The highest BCUT2D eigenvalue weighted by atomic mass is 19.1. The van der Waals surface area contributed by atoms with E-state index in [0.717, 1.165) is 5.56 Å². The number of halogens is 1. The fourth-order valence-corrected chi connectivity index (χ4v) is 1.62. The van der Waals surface area contributed by atoms with Crippen molar-refractivity contribution in [3.63, 3.8) is 0 Å². The SMILES string of the molecule is CC(NC(=O)NC(C)C(C)C(=O)O)c1ccc(F)cc1. The topological polar surface area (TPSA) is 78.4 Å². The predicted octanol–water partition coefficient (Wildman–Crippen LogP) is 2.30. The lowest BCUT2D eigenvalue weighted by Gasteiger charge is -2.20. The summed E-state index contributed by atoms with van der Waals surface area (Å²) in [6, 6.07) is 4.56. The van der Waals surface area contributed by atoms with Gasteiger partial charge in [0.15, 0.2) is 0 Å². The number of carbonyl (C=O) groups is 2. The summed E-state index contributed by atoms with van der Waals surface area (Å²) < 4.78 is 12.8. The Kier molecular flexibility index (Phi) is 5.49. The van der Waals surface area contributed by atoms with Crippen LogP contribution in [0.25, 0.3) is 0 Å². The second-order valence-electron chi connectivity index (χ2n) is 4.81. The van der Waals surface area contributed by atoms with E-state index >= 15 is 0 Å². The standard InChI is InChI=1S/C14H19FN2O3/c1-8(13(18)19)9(2)16-14(20)17-10(3)11-4-6-12(15)7-5-11/h4-10H,1-3H3,(H,18,19)(H2,16,17,20). The summed E-state index contributed by atoms with van der Waals surface area (Å²) in [7, 11) is 0. The van der Waals surface area contributed by atoms with Crippen molar-refractivity contribution in [3.8, 4) is 0 Å². The quantitative estimate of drug-likeness (QED) is 0.775. The van der Waals surface area contributed by atoms with Crippen LogP contribution in [0.2, 0.25) is 0 Å². The molecule has 0 bridgehead atoms. The number of carboxylic acids is 1. The molecule has 1 rings (SSSR count). The average molecular weight is 282 g/mol. The first kappa shape index (κ1) is 15.9. The smallest absolute Gasteiger partial charge is 0.315 e. The van der Waals surface area contributed by atoms with Crippen LogP contribution in [-0.4, -0.2) is 23.1 Å². The summed E-state index contributed by atoms with van der Waals surface area (Å²) in [6.45, 7) is 4.91. The van der Waals surface area contributed by atoms with Crippen molar-refractivity contribution in [1.82, 2.24) is 10.6 Å². The largest absolute Gasteiger partial charge is 0.481 e. The molecule has 1 aromatic carbocycles. The Labute approximate surface area is 117 Å². The van der Waals surface area contributed by atoms with E-state index < -0.39 is 24.0 Å². The van der Waals surface area contributed by atoms with Crippen LogP contribution in [0.3, 0.4) is 0 Å². The first-order valence-electron chi connectivity index (χ1n) is 6.36. The van der Waals surface area contributed by atoms with Crippen LogP contribution in [-0.2, 0) is 4.79 Å². The van der Waals surface area contributed by atoms with Crippen molar-refractivity contribution in [2.75, 3.05) is 0 Å². The van der Waals surface area contributed by atoms with E-state index in [9.17, 15) is 14.0 Å². The zero-order valence-electron chi connectivity index (χ0n) is 11.7. The molecule has 0 spiro atoms. The molecule has 0 saturated carbocycles. The van der Waals surface area contributed by atoms with Gasteiger partial charge in [0.1, 0.15) is 5.82 Å². The third-order valence-electron chi connectivity index (χ3n) is 3.22. The molecule has 6 heteroatoms. The van der Waals surface area contributed by atoms with Crippen LogP contribution < -0.4 is 10.6 Å². The monoisotopic (exact) mass is 282 g/mol. The normalized spacial score (nSPS) is 15.0. The molecule has 0 aliphatic heterocycles. The maximum atomic E-state index is 12.8. The summed E-state index contributed by atoms with van der Waals surface area (Å²) >= 11 is 0. The second kappa shape index (κ2) is 6.88. The van der Waals surface area contributed by atoms with Crippen LogP contribution in [0, 0.1) is 11.7 Å². The highest BCUT2D eigenvalue weighted by Gasteiger charge is 2.21. The predicted molar refractivity (Wildman–Crippen MR) is 72.7 cm³/mol.